The molecule has 5 nitrogen and oxygen atoms in total. The summed E-state index contributed by atoms with van der Waals surface area (Å²) >= 11 is 6.17. The van der Waals surface area contributed by atoms with E-state index in [1.807, 2.05) is 13.8 Å². The molecule has 1 amide bonds. The molecule has 0 aromatic heterocycles. The molecule has 0 saturated heterocycles. The predicted molar refractivity (Wildman–Crippen MR) is 123 cm³/mol. The van der Waals surface area contributed by atoms with Crippen molar-refractivity contribution in [2.24, 2.45) is 0 Å². The Morgan fingerprint density at radius 3 is 2.47 bits per heavy atom. The predicted octanol–water partition coefficient (Wildman–Crippen LogP) is 4.56. The molecule has 162 valence electrons. The van der Waals surface area contributed by atoms with Crippen LogP contribution in [0.4, 0.5) is 5.69 Å². The summed E-state index contributed by atoms with van der Waals surface area (Å²) in [7, 11) is -3.65. The topological polar surface area (TPSA) is 66.5 Å². The average molecular weight is 449 g/mol. The number of amides is 1. The molecule has 0 spiro atoms. The Kier molecular flexibility index (Phi) is 7.09. The fraction of sp³-hybridized carbons (Fsp3) is 0.435. The number of sulfonamides is 1. The zero-order valence-corrected chi connectivity index (χ0v) is 19.3. The summed E-state index contributed by atoms with van der Waals surface area (Å²) in [6.45, 7) is 3.56. The van der Waals surface area contributed by atoms with E-state index in [0.29, 0.717) is 10.7 Å². The Labute approximate surface area is 184 Å². The summed E-state index contributed by atoms with van der Waals surface area (Å²) in [5, 5.41) is 3.47. The highest BCUT2D eigenvalue weighted by Gasteiger charge is 2.23. The van der Waals surface area contributed by atoms with Crippen molar-refractivity contribution >= 4 is 33.2 Å². The van der Waals surface area contributed by atoms with Gasteiger partial charge in [-0.3, -0.25) is 9.10 Å². The third-order valence-electron chi connectivity index (χ3n) is 5.65. The molecule has 0 saturated carbocycles. The summed E-state index contributed by atoms with van der Waals surface area (Å²) < 4.78 is 25.8. The van der Waals surface area contributed by atoms with Crippen LogP contribution in [0.5, 0.6) is 0 Å². The second kappa shape index (κ2) is 9.40. The first-order valence-electron chi connectivity index (χ1n) is 10.3. The molecule has 0 fully saturated rings. The molecule has 1 atom stereocenters. The van der Waals surface area contributed by atoms with Crippen molar-refractivity contribution in [3.05, 3.63) is 63.7 Å². The number of anilines is 1. The second-order valence-electron chi connectivity index (χ2n) is 7.97. The number of benzene rings is 2. The highest BCUT2D eigenvalue weighted by atomic mass is 35.5. The lowest BCUT2D eigenvalue weighted by Crippen LogP contribution is -2.41. The van der Waals surface area contributed by atoms with Gasteiger partial charge in [-0.05, 0) is 73.4 Å². The SMILES string of the molecule is CC[C@H](NC(=O)CN(c1ccc(C)c(Cl)c1)S(C)(=O)=O)c1ccc2c(c1)CCCC2. The summed E-state index contributed by atoms with van der Waals surface area (Å²) in [4.78, 5) is 12.8. The molecule has 2 aromatic rings. The van der Waals surface area contributed by atoms with Crippen LogP contribution in [0.15, 0.2) is 36.4 Å². The maximum absolute atomic E-state index is 12.8. The lowest BCUT2D eigenvalue weighted by molar-refractivity contribution is -0.120. The Morgan fingerprint density at radius 1 is 1.13 bits per heavy atom. The Bertz CT molecular complexity index is 1040. The van der Waals surface area contributed by atoms with E-state index in [1.165, 1.54) is 24.0 Å². The van der Waals surface area contributed by atoms with Crippen LogP contribution < -0.4 is 9.62 Å². The van der Waals surface area contributed by atoms with E-state index in [-0.39, 0.29) is 18.5 Å². The minimum Gasteiger partial charge on any atom is -0.348 e. The average Bonchev–Trinajstić information content (AvgIpc) is 2.71. The van der Waals surface area contributed by atoms with Crippen molar-refractivity contribution in [2.75, 3.05) is 17.1 Å². The number of nitrogens with zero attached hydrogens (tertiary/aromatic N) is 1. The lowest BCUT2D eigenvalue weighted by Gasteiger charge is -2.25. The largest absolute Gasteiger partial charge is 0.348 e. The van der Waals surface area contributed by atoms with Crippen LogP contribution in [0.2, 0.25) is 5.02 Å². The number of hydrogen-bond donors (Lipinski definition) is 1. The molecular formula is C23H29ClN2O3S. The third-order valence-corrected chi connectivity index (χ3v) is 7.20. The lowest BCUT2D eigenvalue weighted by atomic mass is 9.89. The van der Waals surface area contributed by atoms with Crippen LogP contribution >= 0.6 is 11.6 Å². The van der Waals surface area contributed by atoms with E-state index in [4.69, 9.17) is 11.6 Å². The van der Waals surface area contributed by atoms with Crippen LogP contribution in [0.3, 0.4) is 0 Å². The number of rotatable bonds is 7. The van der Waals surface area contributed by atoms with Crippen molar-refractivity contribution < 1.29 is 13.2 Å². The molecule has 0 radical (unpaired) electrons. The van der Waals surface area contributed by atoms with Gasteiger partial charge in [0.05, 0.1) is 18.0 Å². The van der Waals surface area contributed by atoms with Gasteiger partial charge in [0, 0.05) is 5.02 Å². The number of aryl methyl sites for hydroxylation is 3. The van der Waals surface area contributed by atoms with Gasteiger partial charge in [0.25, 0.3) is 0 Å². The molecule has 1 N–H and O–H groups in total. The molecule has 0 bridgehead atoms. The maximum atomic E-state index is 12.8. The van der Waals surface area contributed by atoms with Crippen molar-refractivity contribution in [2.45, 2.75) is 52.0 Å². The molecule has 7 heteroatoms. The van der Waals surface area contributed by atoms with Gasteiger partial charge in [-0.2, -0.15) is 0 Å². The number of hydrogen-bond acceptors (Lipinski definition) is 3. The van der Waals surface area contributed by atoms with E-state index in [1.54, 1.807) is 18.2 Å². The van der Waals surface area contributed by atoms with Crippen molar-refractivity contribution in [1.82, 2.24) is 5.32 Å². The zero-order valence-electron chi connectivity index (χ0n) is 17.7. The summed E-state index contributed by atoms with van der Waals surface area (Å²) in [6, 6.07) is 11.3. The molecule has 30 heavy (non-hydrogen) atoms. The van der Waals surface area contributed by atoms with Crippen molar-refractivity contribution in [3.63, 3.8) is 0 Å². The molecular weight excluding hydrogens is 420 g/mol. The highest BCUT2D eigenvalue weighted by Crippen LogP contribution is 2.27. The van der Waals surface area contributed by atoms with Gasteiger partial charge in [-0.15, -0.1) is 0 Å². The fourth-order valence-corrected chi connectivity index (χ4v) is 4.92. The summed E-state index contributed by atoms with van der Waals surface area (Å²) in [6.07, 6.45) is 6.42. The minimum atomic E-state index is -3.65. The van der Waals surface area contributed by atoms with Crippen LogP contribution in [-0.2, 0) is 27.7 Å². The zero-order chi connectivity index (χ0) is 21.9. The standard InChI is InChI=1S/C23H29ClN2O3S/c1-4-22(19-11-10-17-7-5-6-8-18(17)13-19)25-23(27)15-26(30(3,28)29)20-12-9-16(2)21(24)14-20/h9-14,22H,4-8,15H2,1-3H3,(H,25,27)/t22-/m0/s1. The van der Waals surface area contributed by atoms with E-state index in [9.17, 15) is 13.2 Å². The first-order valence-corrected chi connectivity index (χ1v) is 12.6. The van der Waals surface area contributed by atoms with E-state index in [0.717, 1.165) is 41.0 Å². The van der Waals surface area contributed by atoms with Crippen LogP contribution in [-0.4, -0.2) is 27.1 Å². The highest BCUT2D eigenvalue weighted by molar-refractivity contribution is 7.92. The van der Waals surface area contributed by atoms with Crippen LogP contribution in [0.1, 0.15) is 54.5 Å². The summed E-state index contributed by atoms with van der Waals surface area (Å²) in [5.74, 6) is -0.346. The molecule has 3 rings (SSSR count). The van der Waals surface area contributed by atoms with Crippen molar-refractivity contribution in [3.8, 4) is 0 Å². The second-order valence-corrected chi connectivity index (χ2v) is 10.3. The third kappa shape index (κ3) is 5.35. The van der Waals surface area contributed by atoms with E-state index >= 15 is 0 Å². The summed E-state index contributed by atoms with van der Waals surface area (Å²) in [5.41, 5.74) is 5.04. The van der Waals surface area contributed by atoms with Crippen LogP contribution in [0, 0.1) is 6.92 Å². The number of fused-ring (bicyclic) bond motifs is 1. The van der Waals surface area contributed by atoms with Crippen molar-refractivity contribution in [1.29, 1.82) is 0 Å². The number of carbonyl (C=O) groups excluding carboxylic acids is 1. The van der Waals surface area contributed by atoms with Crippen LogP contribution in [0.25, 0.3) is 0 Å². The van der Waals surface area contributed by atoms with Gasteiger partial charge in [-0.25, -0.2) is 8.42 Å². The number of halogens is 1. The normalized spacial score (nSPS) is 14.7. The molecule has 1 aliphatic rings. The van der Waals surface area contributed by atoms with Gasteiger partial charge in [0.15, 0.2) is 0 Å². The maximum Gasteiger partial charge on any atom is 0.241 e. The minimum absolute atomic E-state index is 0.159. The smallest absolute Gasteiger partial charge is 0.241 e. The van der Waals surface area contributed by atoms with E-state index < -0.39 is 10.0 Å². The molecule has 0 unspecified atom stereocenters. The van der Waals surface area contributed by atoms with Gasteiger partial charge >= 0.3 is 0 Å². The first kappa shape index (κ1) is 22.6. The number of carbonyl (C=O) groups is 1. The van der Waals surface area contributed by atoms with E-state index in [2.05, 4.69) is 23.5 Å². The Morgan fingerprint density at radius 2 is 1.83 bits per heavy atom. The van der Waals surface area contributed by atoms with Gasteiger partial charge in [0.1, 0.15) is 6.54 Å². The molecule has 1 aliphatic carbocycles. The quantitative estimate of drug-likeness (QED) is 0.675. The van der Waals surface area contributed by atoms with Gasteiger partial charge in [-0.1, -0.05) is 42.8 Å². The first-order chi connectivity index (χ1) is 14.2. The molecule has 0 aliphatic heterocycles. The fourth-order valence-electron chi connectivity index (χ4n) is 3.90. The van der Waals surface area contributed by atoms with Gasteiger partial charge < -0.3 is 5.32 Å². The van der Waals surface area contributed by atoms with Gasteiger partial charge in [0.2, 0.25) is 15.9 Å². The molecule has 0 heterocycles. The Hall–Kier alpha value is -2.05. The monoisotopic (exact) mass is 448 g/mol. The molecule has 2 aromatic carbocycles. The Balaban J connectivity index is 1.77. The number of nitrogens with one attached hydrogen (secondary N) is 1.